The number of hydrogen-bond donors (Lipinski definition) is 1. The van der Waals surface area contributed by atoms with Gasteiger partial charge in [-0.1, -0.05) is 67.1 Å². The number of benzene rings is 2. The number of piperazine rings is 1. The van der Waals surface area contributed by atoms with E-state index in [4.69, 9.17) is 4.42 Å². The quantitative estimate of drug-likeness (QED) is 0.486. The molecule has 0 aliphatic carbocycles. The van der Waals surface area contributed by atoms with Gasteiger partial charge >= 0.3 is 0 Å². The summed E-state index contributed by atoms with van der Waals surface area (Å²) in [6.45, 7) is 8.50. The van der Waals surface area contributed by atoms with Crippen LogP contribution < -0.4 is 5.32 Å². The van der Waals surface area contributed by atoms with Crippen molar-refractivity contribution in [1.29, 1.82) is 0 Å². The summed E-state index contributed by atoms with van der Waals surface area (Å²) in [5, 5.41) is 3.02. The summed E-state index contributed by atoms with van der Waals surface area (Å²) in [5.41, 5.74) is 2.67. The van der Waals surface area contributed by atoms with Crippen molar-refractivity contribution >= 4 is 5.91 Å². The van der Waals surface area contributed by atoms with Crippen molar-refractivity contribution < 1.29 is 9.21 Å². The maximum absolute atomic E-state index is 12.5. The maximum Gasteiger partial charge on any atom is 0.287 e. The van der Waals surface area contributed by atoms with Gasteiger partial charge in [-0.3, -0.25) is 14.6 Å². The smallest absolute Gasteiger partial charge is 0.287 e. The topological polar surface area (TPSA) is 52.0 Å². The van der Waals surface area contributed by atoms with Gasteiger partial charge in [0.1, 0.15) is 5.76 Å². The monoisotopic (exact) mass is 486 g/mol. The van der Waals surface area contributed by atoms with Crippen molar-refractivity contribution in [2.24, 2.45) is 0 Å². The molecule has 0 radical (unpaired) electrons. The van der Waals surface area contributed by atoms with Crippen molar-refractivity contribution in [1.82, 2.24) is 20.0 Å². The minimum Gasteiger partial charge on any atom is -0.455 e. The number of furan rings is 1. The lowest BCUT2D eigenvalue weighted by molar-refractivity contribution is 0.0897. The fourth-order valence-electron chi connectivity index (χ4n) is 5.47. The van der Waals surface area contributed by atoms with Gasteiger partial charge in [0.05, 0.1) is 12.6 Å². The van der Waals surface area contributed by atoms with Crippen molar-refractivity contribution in [2.45, 2.75) is 31.8 Å². The average molecular weight is 487 g/mol. The lowest BCUT2D eigenvalue weighted by Crippen LogP contribution is -2.47. The largest absolute Gasteiger partial charge is 0.455 e. The van der Waals surface area contributed by atoms with E-state index in [2.05, 4.69) is 80.7 Å². The van der Waals surface area contributed by atoms with Crippen LogP contribution in [-0.2, 0) is 6.54 Å². The van der Waals surface area contributed by atoms with Crippen LogP contribution in [0.1, 0.15) is 52.7 Å². The molecule has 0 unspecified atom stereocenters. The molecule has 0 bridgehead atoms. The van der Waals surface area contributed by atoms with Gasteiger partial charge in [0.15, 0.2) is 5.76 Å². The Hall–Kier alpha value is -2.93. The van der Waals surface area contributed by atoms with Gasteiger partial charge in [-0.2, -0.15) is 0 Å². The lowest BCUT2D eigenvalue weighted by Gasteiger charge is -2.39. The third kappa shape index (κ3) is 6.44. The molecular weight excluding hydrogens is 448 g/mol. The predicted octanol–water partition coefficient (Wildman–Crippen LogP) is 4.40. The minimum atomic E-state index is -0.114. The molecule has 1 amide bonds. The number of hydrogen-bond acceptors (Lipinski definition) is 5. The number of carbonyl (C=O) groups is 1. The summed E-state index contributed by atoms with van der Waals surface area (Å²) in [4.78, 5) is 20.0. The molecule has 2 aliphatic heterocycles. The highest BCUT2D eigenvalue weighted by Crippen LogP contribution is 2.29. The van der Waals surface area contributed by atoms with Crippen LogP contribution in [-0.4, -0.2) is 73.0 Å². The first kappa shape index (κ1) is 24.8. The number of nitrogens with one attached hydrogen (secondary N) is 1. The van der Waals surface area contributed by atoms with E-state index in [0.717, 1.165) is 58.1 Å². The van der Waals surface area contributed by atoms with Gasteiger partial charge in [0.25, 0.3) is 5.91 Å². The van der Waals surface area contributed by atoms with Crippen LogP contribution in [0.15, 0.2) is 77.2 Å². The van der Waals surface area contributed by atoms with Crippen LogP contribution in [0.25, 0.3) is 0 Å². The molecule has 2 saturated heterocycles. The molecule has 2 fully saturated rings. The Morgan fingerprint density at radius 2 is 1.39 bits per heavy atom. The lowest BCUT2D eigenvalue weighted by atomic mass is 9.96. The number of rotatable bonds is 9. The molecule has 6 nitrogen and oxygen atoms in total. The standard InChI is InChI=1S/C30H38N4O2/c35-30(31-16-19-32-17-8-3-9-18-32)28-15-14-27(36-28)24-33-20-22-34(23-21-33)29(25-10-4-1-5-11-25)26-12-6-2-7-13-26/h1-2,4-7,10-15,29H,3,8-9,16-24H2,(H,31,35). The first-order chi connectivity index (χ1) is 17.8. The molecule has 190 valence electrons. The van der Waals surface area contributed by atoms with Gasteiger partial charge in [-0.05, 0) is 49.2 Å². The molecule has 6 heteroatoms. The van der Waals surface area contributed by atoms with Crippen LogP contribution in [0.2, 0.25) is 0 Å². The molecular formula is C30H38N4O2. The zero-order chi connectivity index (χ0) is 24.6. The maximum atomic E-state index is 12.5. The summed E-state index contributed by atoms with van der Waals surface area (Å²) < 4.78 is 5.92. The Morgan fingerprint density at radius 1 is 0.750 bits per heavy atom. The second-order valence-electron chi connectivity index (χ2n) is 9.96. The SMILES string of the molecule is O=C(NCCN1CCCCC1)c1ccc(CN2CCN(C(c3ccccc3)c3ccccc3)CC2)o1. The Labute approximate surface area is 214 Å². The molecule has 1 aromatic heterocycles. The number of amides is 1. The van der Waals surface area contributed by atoms with Crippen molar-refractivity contribution in [3.63, 3.8) is 0 Å². The van der Waals surface area contributed by atoms with E-state index in [9.17, 15) is 4.79 Å². The Morgan fingerprint density at radius 3 is 2.03 bits per heavy atom. The third-order valence-electron chi connectivity index (χ3n) is 7.43. The molecule has 3 aromatic rings. The van der Waals surface area contributed by atoms with E-state index in [-0.39, 0.29) is 11.9 Å². The Bertz CT molecular complexity index is 1030. The Kier molecular flexibility index (Phi) is 8.49. The van der Waals surface area contributed by atoms with Gasteiger partial charge in [0, 0.05) is 39.3 Å². The summed E-state index contributed by atoms with van der Waals surface area (Å²) >= 11 is 0. The highest BCUT2D eigenvalue weighted by molar-refractivity contribution is 5.91. The number of likely N-dealkylation sites (tertiary alicyclic amines) is 1. The minimum absolute atomic E-state index is 0.114. The molecule has 0 atom stereocenters. The summed E-state index contributed by atoms with van der Waals surface area (Å²) in [6, 6.07) is 25.6. The van der Waals surface area contributed by atoms with E-state index >= 15 is 0 Å². The number of nitrogens with zero attached hydrogens (tertiary/aromatic N) is 3. The Balaban J connectivity index is 1.12. The second kappa shape index (κ2) is 12.3. The van der Waals surface area contributed by atoms with E-state index in [0.29, 0.717) is 12.3 Å². The molecule has 36 heavy (non-hydrogen) atoms. The van der Waals surface area contributed by atoms with Gasteiger partial charge in [-0.25, -0.2) is 0 Å². The van der Waals surface area contributed by atoms with Gasteiger partial charge in [-0.15, -0.1) is 0 Å². The third-order valence-corrected chi connectivity index (χ3v) is 7.43. The van der Waals surface area contributed by atoms with E-state index in [1.54, 1.807) is 0 Å². The summed E-state index contributed by atoms with van der Waals surface area (Å²) in [7, 11) is 0. The number of piperidine rings is 1. The van der Waals surface area contributed by atoms with E-state index in [1.165, 1.54) is 30.4 Å². The molecule has 3 heterocycles. The fraction of sp³-hybridized carbons (Fsp3) is 0.433. The number of carbonyl (C=O) groups excluding carboxylic acids is 1. The van der Waals surface area contributed by atoms with Gasteiger partial charge in [0.2, 0.25) is 0 Å². The first-order valence-corrected chi connectivity index (χ1v) is 13.4. The van der Waals surface area contributed by atoms with Crippen molar-refractivity contribution in [3.05, 3.63) is 95.4 Å². The highest BCUT2D eigenvalue weighted by atomic mass is 16.4. The molecule has 5 rings (SSSR count). The first-order valence-electron chi connectivity index (χ1n) is 13.4. The average Bonchev–Trinajstić information content (AvgIpc) is 3.40. The predicted molar refractivity (Wildman–Crippen MR) is 143 cm³/mol. The fourth-order valence-corrected chi connectivity index (χ4v) is 5.47. The normalized spacial score (nSPS) is 17.9. The van der Waals surface area contributed by atoms with Crippen LogP contribution in [0, 0.1) is 0 Å². The van der Waals surface area contributed by atoms with Crippen LogP contribution >= 0.6 is 0 Å². The zero-order valence-corrected chi connectivity index (χ0v) is 21.1. The second-order valence-corrected chi connectivity index (χ2v) is 9.96. The van der Waals surface area contributed by atoms with Crippen LogP contribution in [0.5, 0.6) is 0 Å². The van der Waals surface area contributed by atoms with Crippen LogP contribution in [0.3, 0.4) is 0 Å². The van der Waals surface area contributed by atoms with Crippen molar-refractivity contribution in [2.75, 3.05) is 52.4 Å². The summed E-state index contributed by atoms with van der Waals surface area (Å²) in [5.74, 6) is 1.15. The summed E-state index contributed by atoms with van der Waals surface area (Å²) in [6.07, 6.45) is 3.86. The zero-order valence-electron chi connectivity index (χ0n) is 21.1. The van der Waals surface area contributed by atoms with Crippen LogP contribution in [0.4, 0.5) is 0 Å². The molecule has 2 aliphatic rings. The molecule has 0 saturated carbocycles. The molecule has 2 aromatic carbocycles. The van der Waals surface area contributed by atoms with E-state index < -0.39 is 0 Å². The highest BCUT2D eigenvalue weighted by Gasteiger charge is 2.27. The molecule has 0 spiro atoms. The molecule has 1 N–H and O–H groups in total. The van der Waals surface area contributed by atoms with Gasteiger partial charge < -0.3 is 14.6 Å². The van der Waals surface area contributed by atoms with E-state index in [1.807, 2.05) is 12.1 Å². The van der Waals surface area contributed by atoms with Crippen molar-refractivity contribution in [3.8, 4) is 0 Å².